The molecule has 0 fully saturated rings. The summed E-state index contributed by atoms with van der Waals surface area (Å²) < 4.78 is 34.8. The number of carbonyl (C=O) groups is 2. The van der Waals surface area contributed by atoms with Crippen molar-refractivity contribution in [3.63, 3.8) is 0 Å². The number of phosphoric ester groups is 1. The van der Waals surface area contributed by atoms with E-state index in [0.717, 1.165) is 44.9 Å². The van der Waals surface area contributed by atoms with E-state index >= 15 is 0 Å². The molecule has 0 aromatic heterocycles. The number of unbranched alkanes of at least 4 members (excludes halogenated alkanes) is 48. The number of likely N-dealkylation sites (N-methyl/N-ethyl adjacent to an activating group) is 1. The van der Waals surface area contributed by atoms with E-state index in [2.05, 4.69) is 62.5 Å². The standard InChI is InChI=1S/C76H144NO8P/c1-6-8-10-12-14-16-18-20-22-24-26-28-30-32-33-34-35-36-37-38-39-40-41-42-43-45-47-49-51-53-55-57-59-61-63-65-67-69-76(79)85-74(73-84-86(80,81)83-71-70-77(3,4)5)72-82-75(78)68-66-64-62-60-58-56-54-52-50-48-46-44-31-29-27-25-23-21-19-17-15-13-11-9-7-2/h18,20,24-27,30,32,74H,6-17,19,21-23,28-29,31,33-73H2,1-5H3/p+1/b20-18-,26-24-,27-25-,32-30-. The van der Waals surface area contributed by atoms with Crippen LogP contribution in [0.1, 0.15) is 373 Å². The lowest BCUT2D eigenvalue weighted by Gasteiger charge is -2.24. The fourth-order valence-electron chi connectivity index (χ4n) is 11.1. The maximum atomic E-state index is 12.9. The largest absolute Gasteiger partial charge is 0.472 e. The monoisotopic (exact) mass is 1230 g/mol. The van der Waals surface area contributed by atoms with Crippen molar-refractivity contribution < 1.29 is 42.1 Å². The van der Waals surface area contributed by atoms with Gasteiger partial charge in [-0.05, 0) is 77.0 Å². The molecule has 0 aliphatic heterocycles. The first-order chi connectivity index (χ1) is 42.0. The van der Waals surface area contributed by atoms with Gasteiger partial charge in [0.05, 0.1) is 27.7 Å². The molecule has 0 heterocycles. The first-order valence-corrected chi connectivity index (χ1v) is 38.9. The van der Waals surface area contributed by atoms with Crippen LogP contribution in [0.3, 0.4) is 0 Å². The topological polar surface area (TPSA) is 108 Å². The van der Waals surface area contributed by atoms with Crippen LogP contribution in [-0.2, 0) is 32.7 Å². The van der Waals surface area contributed by atoms with Gasteiger partial charge in [-0.25, -0.2) is 4.57 Å². The fourth-order valence-corrected chi connectivity index (χ4v) is 11.8. The number of esters is 2. The molecule has 0 saturated heterocycles. The molecular formula is C76H145NO8P+. The molecule has 9 nitrogen and oxygen atoms in total. The quantitative estimate of drug-likeness (QED) is 0.0211. The normalized spacial score (nSPS) is 13.3. The highest BCUT2D eigenvalue weighted by Crippen LogP contribution is 2.43. The van der Waals surface area contributed by atoms with Crippen molar-refractivity contribution in [3.05, 3.63) is 48.6 Å². The average molecular weight is 1230 g/mol. The van der Waals surface area contributed by atoms with E-state index in [1.807, 2.05) is 21.1 Å². The van der Waals surface area contributed by atoms with Crippen molar-refractivity contribution in [1.29, 1.82) is 0 Å². The highest BCUT2D eigenvalue weighted by molar-refractivity contribution is 7.47. The minimum atomic E-state index is -4.39. The van der Waals surface area contributed by atoms with Crippen molar-refractivity contribution in [2.24, 2.45) is 0 Å². The van der Waals surface area contributed by atoms with Gasteiger partial charge in [-0.2, -0.15) is 0 Å². The molecule has 0 rings (SSSR count). The highest BCUT2D eigenvalue weighted by atomic mass is 31.2. The number of nitrogens with zero attached hydrogens (tertiary/aromatic N) is 1. The summed E-state index contributed by atoms with van der Waals surface area (Å²) in [4.78, 5) is 35.9. The zero-order valence-corrected chi connectivity index (χ0v) is 58.7. The summed E-state index contributed by atoms with van der Waals surface area (Å²) in [5.74, 6) is -0.777. The molecule has 86 heavy (non-hydrogen) atoms. The summed E-state index contributed by atoms with van der Waals surface area (Å²) in [6, 6.07) is 0. The van der Waals surface area contributed by atoms with Crippen LogP contribution in [0.2, 0.25) is 0 Å². The molecule has 0 aromatic carbocycles. The Morgan fingerprint density at radius 1 is 0.360 bits per heavy atom. The van der Waals surface area contributed by atoms with Crippen molar-refractivity contribution in [2.75, 3.05) is 47.5 Å². The number of quaternary nitrogens is 1. The SMILES string of the molecule is CCCCCCC/C=C\C/C=C\C/C=C\CCCCCCCCCCCCCCCCCCCCCCCCC(=O)OC(COC(=O)CCCCCCCCCCCCCCC/C=C\CCCCCCCCCC)COP(=O)(O)OCC[N+](C)(C)C. The molecule has 2 atom stereocenters. The second kappa shape index (κ2) is 67.4. The molecular weight excluding hydrogens is 1090 g/mol. The van der Waals surface area contributed by atoms with Crippen LogP contribution in [0, 0.1) is 0 Å². The predicted molar refractivity (Wildman–Crippen MR) is 372 cm³/mol. The van der Waals surface area contributed by atoms with E-state index in [1.54, 1.807) is 0 Å². The molecule has 0 saturated carbocycles. The summed E-state index contributed by atoms with van der Waals surface area (Å²) in [5, 5.41) is 0. The van der Waals surface area contributed by atoms with Gasteiger partial charge in [-0.3, -0.25) is 18.6 Å². The van der Waals surface area contributed by atoms with Gasteiger partial charge in [-0.15, -0.1) is 0 Å². The molecule has 0 amide bonds. The van der Waals surface area contributed by atoms with Crippen LogP contribution in [0.25, 0.3) is 0 Å². The molecule has 0 radical (unpaired) electrons. The number of phosphoric acid groups is 1. The van der Waals surface area contributed by atoms with Crippen molar-refractivity contribution in [3.8, 4) is 0 Å². The van der Waals surface area contributed by atoms with Gasteiger partial charge in [0.15, 0.2) is 6.10 Å². The zero-order chi connectivity index (χ0) is 62.6. The Hall–Kier alpha value is -2.03. The van der Waals surface area contributed by atoms with Crippen LogP contribution in [0.5, 0.6) is 0 Å². The summed E-state index contributed by atoms with van der Waals surface area (Å²) in [6.45, 7) is 4.49. The number of rotatable bonds is 70. The lowest BCUT2D eigenvalue weighted by atomic mass is 10.0. The molecule has 0 bridgehead atoms. The molecule has 2 unspecified atom stereocenters. The second-order valence-electron chi connectivity index (χ2n) is 26.7. The molecule has 10 heteroatoms. The van der Waals surface area contributed by atoms with E-state index in [1.165, 1.54) is 295 Å². The Bertz CT molecular complexity index is 1590. The fraction of sp³-hybridized carbons (Fsp3) is 0.868. The Kier molecular flexibility index (Phi) is 65.8. The number of allylic oxidation sites excluding steroid dienone is 8. The van der Waals surface area contributed by atoms with Gasteiger partial charge >= 0.3 is 19.8 Å². The van der Waals surface area contributed by atoms with E-state index in [4.69, 9.17) is 18.5 Å². The number of ether oxygens (including phenoxy) is 2. The Morgan fingerprint density at radius 3 is 0.942 bits per heavy atom. The molecule has 0 aromatic rings. The zero-order valence-electron chi connectivity index (χ0n) is 57.8. The highest BCUT2D eigenvalue weighted by Gasteiger charge is 2.27. The van der Waals surface area contributed by atoms with Crippen molar-refractivity contribution in [2.45, 2.75) is 380 Å². The van der Waals surface area contributed by atoms with Crippen LogP contribution >= 0.6 is 7.82 Å². The maximum absolute atomic E-state index is 12.9. The molecule has 506 valence electrons. The number of hydrogen-bond acceptors (Lipinski definition) is 7. The predicted octanol–water partition coefficient (Wildman–Crippen LogP) is 24.4. The Labute approximate surface area is 534 Å². The van der Waals surface area contributed by atoms with E-state index in [-0.39, 0.29) is 25.6 Å². The van der Waals surface area contributed by atoms with E-state index < -0.39 is 26.5 Å². The van der Waals surface area contributed by atoms with Crippen LogP contribution < -0.4 is 0 Å². The van der Waals surface area contributed by atoms with Crippen LogP contribution in [0.15, 0.2) is 48.6 Å². The Balaban J connectivity index is 3.95. The summed E-state index contributed by atoms with van der Waals surface area (Å²) in [6.07, 6.45) is 88.1. The van der Waals surface area contributed by atoms with Crippen molar-refractivity contribution >= 4 is 19.8 Å². The molecule has 0 spiro atoms. The first-order valence-electron chi connectivity index (χ1n) is 37.4. The minimum absolute atomic E-state index is 0.0340. The smallest absolute Gasteiger partial charge is 0.462 e. The molecule has 1 N–H and O–H groups in total. The lowest BCUT2D eigenvalue weighted by Crippen LogP contribution is -2.37. The third-order valence-electron chi connectivity index (χ3n) is 16.8. The first kappa shape index (κ1) is 84.0. The third kappa shape index (κ3) is 71.1. The molecule has 0 aliphatic carbocycles. The third-order valence-corrected chi connectivity index (χ3v) is 17.8. The van der Waals surface area contributed by atoms with Gasteiger partial charge in [0, 0.05) is 12.8 Å². The number of carbonyl (C=O) groups excluding carboxylic acids is 2. The summed E-state index contributed by atoms with van der Waals surface area (Å²) in [5.41, 5.74) is 0. The minimum Gasteiger partial charge on any atom is -0.462 e. The van der Waals surface area contributed by atoms with Gasteiger partial charge in [-0.1, -0.05) is 332 Å². The average Bonchev–Trinajstić information content (AvgIpc) is 3.67. The van der Waals surface area contributed by atoms with Crippen LogP contribution in [-0.4, -0.2) is 74.9 Å². The Morgan fingerprint density at radius 2 is 0.628 bits per heavy atom. The van der Waals surface area contributed by atoms with Gasteiger partial charge in [0.25, 0.3) is 0 Å². The molecule has 0 aliphatic rings. The van der Waals surface area contributed by atoms with Crippen molar-refractivity contribution in [1.82, 2.24) is 0 Å². The van der Waals surface area contributed by atoms with E-state index in [9.17, 15) is 19.0 Å². The maximum Gasteiger partial charge on any atom is 0.472 e. The van der Waals surface area contributed by atoms with Gasteiger partial charge in [0.1, 0.15) is 19.8 Å². The second-order valence-corrected chi connectivity index (χ2v) is 28.1. The van der Waals surface area contributed by atoms with Crippen LogP contribution in [0.4, 0.5) is 0 Å². The summed E-state index contributed by atoms with van der Waals surface area (Å²) in [7, 11) is 1.50. The van der Waals surface area contributed by atoms with Gasteiger partial charge in [0.2, 0.25) is 0 Å². The number of hydrogen-bond donors (Lipinski definition) is 1. The van der Waals surface area contributed by atoms with E-state index in [0.29, 0.717) is 23.9 Å². The summed E-state index contributed by atoms with van der Waals surface area (Å²) >= 11 is 0. The lowest BCUT2D eigenvalue weighted by molar-refractivity contribution is -0.870. The van der Waals surface area contributed by atoms with Gasteiger partial charge < -0.3 is 18.9 Å².